The van der Waals surface area contributed by atoms with Gasteiger partial charge in [0.2, 0.25) is 11.8 Å². The van der Waals surface area contributed by atoms with Gasteiger partial charge in [0.15, 0.2) is 0 Å². The van der Waals surface area contributed by atoms with Crippen molar-refractivity contribution in [2.45, 2.75) is 32.1 Å². The zero-order valence-electron chi connectivity index (χ0n) is 11.9. The van der Waals surface area contributed by atoms with Crippen LogP contribution in [0.1, 0.15) is 32.1 Å². The third kappa shape index (κ3) is 2.77. The van der Waals surface area contributed by atoms with E-state index in [1.54, 1.807) is 6.07 Å². The number of likely N-dealkylation sites (tertiary alicyclic amines) is 1. The van der Waals surface area contributed by atoms with Gasteiger partial charge in [-0.15, -0.1) is 0 Å². The molecule has 0 bridgehead atoms. The summed E-state index contributed by atoms with van der Waals surface area (Å²) in [6.07, 6.45) is 4.33. The lowest BCUT2D eigenvalue weighted by molar-refractivity contribution is -0.143. The van der Waals surface area contributed by atoms with Crippen molar-refractivity contribution in [2.75, 3.05) is 18.4 Å². The zero-order valence-corrected chi connectivity index (χ0v) is 11.9. The molecule has 1 N–H and O–H groups in total. The Morgan fingerprint density at radius 2 is 1.86 bits per heavy atom. The van der Waals surface area contributed by atoms with E-state index in [9.17, 15) is 14.0 Å². The summed E-state index contributed by atoms with van der Waals surface area (Å²) in [5.74, 6) is -0.764. The summed E-state index contributed by atoms with van der Waals surface area (Å²) >= 11 is 0. The first kappa shape index (κ1) is 14.0. The van der Waals surface area contributed by atoms with Crippen molar-refractivity contribution in [3.63, 3.8) is 0 Å². The minimum absolute atomic E-state index is 0.0592. The summed E-state index contributed by atoms with van der Waals surface area (Å²) < 4.78 is 13.2. The zero-order chi connectivity index (χ0) is 14.9. The molecule has 3 rings (SSSR count). The van der Waals surface area contributed by atoms with Gasteiger partial charge in [0.05, 0.1) is 0 Å². The molecule has 1 aliphatic carbocycles. The topological polar surface area (TPSA) is 49.4 Å². The van der Waals surface area contributed by atoms with Crippen molar-refractivity contribution in [2.24, 2.45) is 5.41 Å². The predicted octanol–water partition coefficient (Wildman–Crippen LogP) is 2.56. The highest BCUT2D eigenvalue weighted by molar-refractivity contribution is 6.13. The van der Waals surface area contributed by atoms with Crippen molar-refractivity contribution in [3.8, 4) is 0 Å². The molecule has 2 aliphatic rings. The largest absolute Gasteiger partial charge is 0.342 e. The number of hydrogen-bond donors (Lipinski definition) is 1. The van der Waals surface area contributed by atoms with Gasteiger partial charge in [-0.2, -0.15) is 0 Å². The van der Waals surface area contributed by atoms with Crippen LogP contribution in [0.4, 0.5) is 10.1 Å². The molecule has 1 heterocycles. The number of benzene rings is 1. The van der Waals surface area contributed by atoms with Crippen LogP contribution in [0.5, 0.6) is 0 Å². The fraction of sp³-hybridized carbons (Fsp3) is 0.500. The van der Waals surface area contributed by atoms with E-state index >= 15 is 0 Å². The lowest BCUT2D eigenvalue weighted by Gasteiger charge is -2.30. The first-order valence-corrected chi connectivity index (χ1v) is 7.48. The highest BCUT2D eigenvalue weighted by Crippen LogP contribution is 2.48. The Balaban J connectivity index is 1.69. The Kier molecular flexibility index (Phi) is 3.66. The second-order valence-electron chi connectivity index (χ2n) is 5.90. The number of anilines is 1. The van der Waals surface area contributed by atoms with Gasteiger partial charge in [0.1, 0.15) is 11.2 Å². The number of rotatable bonds is 3. The maximum absolute atomic E-state index is 13.2. The van der Waals surface area contributed by atoms with Crippen molar-refractivity contribution < 1.29 is 14.0 Å². The minimum atomic E-state index is -0.913. The molecule has 2 fully saturated rings. The van der Waals surface area contributed by atoms with Crippen molar-refractivity contribution in [1.82, 2.24) is 4.90 Å². The molecule has 1 aliphatic heterocycles. The normalized spacial score (nSPS) is 20.0. The Morgan fingerprint density at radius 1 is 1.14 bits per heavy atom. The second kappa shape index (κ2) is 5.47. The maximum Gasteiger partial charge on any atom is 0.240 e. The van der Waals surface area contributed by atoms with Crippen LogP contribution in [0.15, 0.2) is 24.3 Å². The summed E-state index contributed by atoms with van der Waals surface area (Å²) in [4.78, 5) is 26.8. The smallest absolute Gasteiger partial charge is 0.240 e. The first-order chi connectivity index (χ1) is 10.1. The molecule has 21 heavy (non-hydrogen) atoms. The Hall–Kier alpha value is -1.91. The number of nitrogens with one attached hydrogen (secondary N) is 1. The average molecular weight is 290 g/mol. The molecule has 112 valence electrons. The molecular formula is C16H19FN2O2. The second-order valence-corrected chi connectivity index (χ2v) is 5.90. The monoisotopic (exact) mass is 290 g/mol. The number of carbonyl (C=O) groups is 2. The third-order valence-electron chi connectivity index (χ3n) is 4.32. The predicted molar refractivity (Wildman–Crippen MR) is 77.1 cm³/mol. The van der Waals surface area contributed by atoms with Crippen LogP contribution in [-0.4, -0.2) is 29.8 Å². The fourth-order valence-corrected chi connectivity index (χ4v) is 2.88. The third-order valence-corrected chi connectivity index (χ3v) is 4.32. The van der Waals surface area contributed by atoms with Crippen LogP contribution in [0.25, 0.3) is 0 Å². The summed E-state index contributed by atoms with van der Waals surface area (Å²) in [5.41, 5.74) is -0.512. The standard InChI is InChI=1S/C16H19FN2O2/c17-12-5-4-6-13(11-12)18-14(20)16(7-8-16)15(21)19-9-2-1-3-10-19/h4-6,11H,1-3,7-10H2,(H,18,20). The van der Waals surface area contributed by atoms with Crippen molar-refractivity contribution in [3.05, 3.63) is 30.1 Å². The Bertz CT molecular complexity index is 563. The van der Waals surface area contributed by atoms with Crippen LogP contribution in [0.3, 0.4) is 0 Å². The summed E-state index contributed by atoms with van der Waals surface area (Å²) in [6, 6.07) is 5.75. The van der Waals surface area contributed by atoms with Gasteiger partial charge in [-0.1, -0.05) is 6.07 Å². The Labute approximate surface area is 123 Å². The van der Waals surface area contributed by atoms with E-state index in [1.165, 1.54) is 18.2 Å². The number of amides is 2. The van der Waals surface area contributed by atoms with E-state index in [2.05, 4.69) is 5.32 Å². The number of carbonyl (C=O) groups excluding carboxylic acids is 2. The van der Waals surface area contributed by atoms with E-state index in [0.29, 0.717) is 18.5 Å². The van der Waals surface area contributed by atoms with Crippen molar-refractivity contribution >= 4 is 17.5 Å². The molecular weight excluding hydrogens is 271 g/mol. The van der Waals surface area contributed by atoms with Gasteiger partial charge >= 0.3 is 0 Å². The van der Waals surface area contributed by atoms with Crippen molar-refractivity contribution in [1.29, 1.82) is 0 Å². The fourth-order valence-electron chi connectivity index (χ4n) is 2.88. The van der Waals surface area contributed by atoms with Gasteiger partial charge in [-0.05, 0) is 50.3 Å². The van der Waals surface area contributed by atoms with E-state index < -0.39 is 11.2 Å². The molecule has 2 amide bonds. The molecule has 0 atom stereocenters. The molecule has 0 unspecified atom stereocenters. The van der Waals surface area contributed by atoms with Crippen LogP contribution in [-0.2, 0) is 9.59 Å². The summed E-state index contributed by atoms with van der Waals surface area (Å²) in [6.45, 7) is 1.49. The van der Waals surface area contributed by atoms with E-state index in [-0.39, 0.29) is 11.8 Å². The van der Waals surface area contributed by atoms with E-state index in [0.717, 1.165) is 32.4 Å². The molecule has 5 heteroatoms. The van der Waals surface area contributed by atoms with Gasteiger partial charge in [-0.3, -0.25) is 9.59 Å². The Morgan fingerprint density at radius 3 is 2.48 bits per heavy atom. The van der Waals surface area contributed by atoms with Gasteiger partial charge in [-0.25, -0.2) is 4.39 Å². The number of piperidine rings is 1. The van der Waals surface area contributed by atoms with Gasteiger partial charge in [0.25, 0.3) is 0 Å². The summed E-state index contributed by atoms with van der Waals surface area (Å²) in [5, 5.41) is 2.68. The quantitative estimate of drug-likeness (QED) is 0.870. The highest BCUT2D eigenvalue weighted by atomic mass is 19.1. The summed E-state index contributed by atoms with van der Waals surface area (Å²) in [7, 11) is 0. The van der Waals surface area contributed by atoms with Crippen LogP contribution in [0, 0.1) is 11.2 Å². The van der Waals surface area contributed by atoms with E-state index in [1.807, 2.05) is 4.90 Å². The number of hydrogen-bond acceptors (Lipinski definition) is 2. The molecule has 1 aromatic rings. The molecule has 1 aromatic carbocycles. The highest BCUT2D eigenvalue weighted by Gasteiger charge is 2.58. The molecule has 0 aromatic heterocycles. The van der Waals surface area contributed by atoms with Crippen LogP contribution < -0.4 is 5.32 Å². The minimum Gasteiger partial charge on any atom is -0.342 e. The lowest BCUT2D eigenvalue weighted by Crippen LogP contribution is -2.45. The SMILES string of the molecule is O=C(Nc1cccc(F)c1)C1(C(=O)N2CCCCC2)CC1. The number of halogens is 1. The maximum atomic E-state index is 13.2. The lowest BCUT2D eigenvalue weighted by atomic mass is 10.0. The molecule has 0 spiro atoms. The molecule has 4 nitrogen and oxygen atoms in total. The van der Waals surface area contributed by atoms with Crippen LogP contribution in [0.2, 0.25) is 0 Å². The first-order valence-electron chi connectivity index (χ1n) is 7.48. The molecule has 1 saturated heterocycles. The van der Waals surface area contributed by atoms with Crippen LogP contribution >= 0.6 is 0 Å². The van der Waals surface area contributed by atoms with E-state index in [4.69, 9.17) is 0 Å². The van der Waals surface area contributed by atoms with Gasteiger partial charge in [0, 0.05) is 18.8 Å². The average Bonchev–Trinajstić information content (AvgIpc) is 3.29. The van der Waals surface area contributed by atoms with Gasteiger partial charge < -0.3 is 10.2 Å². The molecule has 1 saturated carbocycles. The number of nitrogens with zero attached hydrogens (tertiary/aromatic N) is 1. The molecule has 0 radical (unpaired) electrons.